The van der Waals surface area contributed by atoms with E-state index in [1.807, 2.05) is 31.2 Å². The zero-order valence-corrected chi connectivity index (χ0v) is 18.9. The minimum Gasteiger partial charge on any atom is -0.503 e. The summed E-state index contributed by atoms with van der Waals surface area (Å²) in [5.41, 5.74) is 0.927. The Bertz CT molecular complexity index is 893. The van der Waals surface area contributed by atoms with Crippen molar-refractivity contribution < 1.29 is 28.9 Å². The number of ketones is 1. The van der Waals surface area contributed by atoms with Gasteiger partial charge in [0.15, 0.2) is 23.0 Å². The van der Waals surface area contributed by atoms with Crippen LogP contribution in [0.1, 0.15) is 56.1 Å². The van der Waals surface area contributed by atoms with Gasteiger partial charge in [-0.2, -0.15) is 0 Å². The van der Waals surface area contributed by atoms with Gasteiger partial charge in [0.1, 0.15) is 11.9 Å². The molecule has 7 heteroatoms. The van der Waals surface area contributed by atoms with Crippen molar-refractivity contribution in [1.82, 2.24) is 4.98 Å². The van der Waals surface area contributed by atoms with Crippen molar-refractivity contribution in [2.75, 3.05) is 14.2 Å². The van der Waals surface area contributed by atoms with Gasteiger partial charge in [0, 0.05) is 24.6 Å². The van der Waals surface area contributed by atoms with Gasteiger partial charge in [-0.3, -0.25) is 9.59 Å². The molecule has 0 amide bonds. The lowest BCUT2D eigenvalue weighted by molar-refractivity contribution is -0.154. The van der Waals surface area contributed by atoms with Gasteiger partial charge < -0.3 is 19.3 Å². The average Bonchev–Trinajstić information content (AvgIpc) is 2.74. The molecule has 1 heterocycles. The highest BCUT2D eigenvalue weighted by molar-refractivity contribution is 5.99. The smallest absolute Gasteiger partial charge is 0.309 e. The van der Waals surface area contributed by atoms with Crippen LogP contribution >= 0.6 is 0 Å². The summed E-state index contributed by atoms with van der Waals surface area (Å²) < 4.78 is 15.9. The van der Waals surface area contributed by atoms with E-state index in [2.05, 4.69) is 18.8 Å². The van der Waals surface area contributed by atoms with Crippen molar-refractivity contribution in [2.45, 2.75) is 46.1 Å². The number of pyridine rings is 1. The van der Waals surface area contributed by atoms with Crippen molar-refractivity contribution in [2.24, 2.45) is 11.8 Å². The second-order valence-corrected chi connectivity index (χ2v) is 7.92. The molecule has 1 aromatic carbocycles. The highest BCUT2D eigenvalue weighted by Gasteiger charge is 2.29. The van der Waals surface area contributed by atoms with Gasteiger partial charge in [-0.25, -0.2) is 4.98 Å². The Hall–Kier alpha value is -3.09. The Balaban J connectivity index is 2.07. The molecular weight excluding hydrogens is 398 g/mol. The molecule has 0 unspecified atom stereocenters. The Kier molecular flexibility index (Phi) is 8.42. The van der Waals surface area contributed by atoms with Gasteiger partial charge in [-0.1, -0.05) is 32.9 Å². The van der Waals surface area contributed by atoms with E-state index in [1.165, 1.54) is 19.4 Å². The van der Waals surface area contributed by atoms with Crippen LogP contribution in [0.5, 0.6) is 17.2 Å². The summed E-state index contributed by atoms with van der Waals surface area (Å²) in [6, 6.07) is 9.16. The fraction of sp³-hybridized carbons (Fsp3) is 0.458. The van der Waals surface area contributed by atoms with Crippen molar-refractivity contribution >= 4 is 11.8 Å². The minimum absolute atomic E-state index is 0.0122. The van der Waals surface area contributed by atoms with Crippen LogP contribution in [-0.2, 0) is 9.53 Å². The third-order valence-electron chi connectivity index (χ3n) is 5.29. The molecule has 168 valence electrons. The summed E-state index contributed by atoms with van der Waals surface area (Å²) in [6.07, 6.45) is 0.856. The lowest BCUT2D eigenvalue weighted by atomic mass is 9.84. The number of aromatic nitrogens is 1. The number of carbonyl (C=O) groups is 2. The zero-order valence-electron chi connectivity index (χ0n) is 18.9. The molecule has 3 atom stereocenters. The second-order valence-electron chi connectivity index (χ2n) is 7.92. The molecule has 1 aromatic heterocycles. The first-order valence-corrected chi connectivity index (χ1v) is 10.3. The Labute approximate surface area is 183 Å². The molecule has 0 aliphatic heterocycles. The summed E-state index contributed by atoms with van der Waals surface area (Å²) >= 11 is 0. The third-order valence-corrected chi connectivity index (χ3v) is 5.29. The molecule has 2 aromatic rings. The zero-order chi connectivity index (χ0) is 23.1. The molecule has 0 radical (unpaired) electrons. The van der Waals surface area contributed by atoms with E-state index in [0.29, 0.717) is 0 Å². The monoisotopic (exact) mass is 429 g/mol. The molecule has 0 fully saturated rings. The lowest BCUT2D eigenvalue weighted by Crippen LogP contribution is -2.29. The van der Waals surface area contributed by atoms with Crippen LogP contribution in [0.25, 0.3) is 0 Å². The van der Waals surface area contributed by atoms with E-state index in [0.717, 1.165) is 11.3 Å². The van der Waals surface area contributed by atoms with Crippen molar-refractivity contribution in [3.63, 3.8) is 0 Å². The van der Waals surface area contributed by atoms with E-state index < -0.39 is 17.7 Å². The van der Waals surface area contributed by atoms with Crippen LogP contribution in [-0.4, -0.2) is 42.2 Å². The van der Waals surface area contributed by atoms with Crippen LogP contribution in [0.3, 0.4) is 0 Å². The normalized spacial score (nSPS) is 13.9. The first-order valence-electron chi connectivity index (χ1n) is 10.3. The molecule has 2 rings (SSSR count). The van der Waals surface area contributed by atoms with Gasteiger partial charge in [-0.15, -0.1) is 0 Å². The quantitative estimate of drug-likeness (QED) is 0.442. The highest BCUT2D eigenvalue weighted by atomic mass is 16.5. The minimum atomic E-state index is -0.689. The molecule has 7 nitrogen and oxygen atoms in total. The Morgan fingerprint density at radius 2 is 1.65 bits per heavy atom. The van der Waals surface area contributed by atoms with Gasteiger partial charge in [0.2, 0.25) is 0 Å². The van der Waals surface area contributed by atoms with Crippen molar-refractivity contribution in [3.8, 4) is 17.2 Å². The average molecular weight is 430 g/mol. The molecule has 0 saturated carbocycles. The molecular formula is C24H31NO6. The maximum absolute atomic E-state index is 12.7. The third kappa shape index (κ3) is 5.96. The SMILES string of the molecule is COc1ccc([C@H](C(C)C)[C@H](C)OC(=O)[C@H](C)CC(=O)c2nccc(OC)c2O)cc1. The van der Waals surface area contributed by atoms with E-state index in [9.17, 15) is 14.7 Å². The number of rotatable bonds is 10. The molecule has 0 aliphatic rings. The molecule has 31 heavy (non-hydrogen) atoms. The van der Waals surface area contributed by atoms with Gasteiger partial charge in [0.05, 0.1) is 20.1 Å². The maximum atomic E-state index is 12.7. The number of hydrogen-bond donors (Lipinski definition) is 1. The fourth-order valence-electron chi connectivity index (χ4n) is 3.66. The topological polar surface area (TPSA) is 95.0 Å². The predicted molar refractivity (Wildman–Crippen MR) is 117 cm³/mol. The molecule has 0 bridgehead atoms. The predicted octanol–water partition coefficient (Wildman–Crippen LogP) is 4.38. The number of hydrogen-bond acceptors (Lipinski definition) is 7. The van der Waals surface area contributed by atoms with Crippen LogP contribution in [0.2, 0.25) is 0 Å². The standard InChI is InChI=1S/C24H31NO6/c1-14(2)21(17-7-9-18(29-5)10-8-17)16(4)31-24(28)15(3)13-19(26)22-23(27)20(30-6)11-12-25-22/h7-12,14-16,21,27H,13H2,1-6H3/t15-,16+,21-/m1/s1. The fourth-order valence-corrected chi connectivity index (χ4v) is 3.66. The van der Waals surface area contributed by atoms with Crippen molar-refractivity contribution in [1.29, 1.82) is 0 Å². The number of methoxy groups -OCH3 is 2. The second kappa shape index (κ2) is 10.8. The summed E-state index contributed by atoms with van der Waals surface area (Å²) in [4.78, 5) is 29.2. The van der Waals surface area contributed by atoms with Crippen LogP contribution in [0.15, 0.2) is 36.5 Å². The van der Waals surface area contributed by atoms with E-state index in [4.69, 9.17) is 14.2 Å². The van der Waals surface area contributed by atoms with Gasteiger partial charge >= 0.3 is 5.97 Å². The van der Waals surface area contributed by atoms with Gasteiger partial charge in [-0.05, 0) is 30.5 Å². The van der Waals surface area contributed by atoms with E-state index in [1.54, 1.807) is 14.0 Å². The number of carbonyl (C=O) groups excluding carboxylic acids is 2. The summed E-state index contributed by atoms with van der Waals surface area (Å²) in [5.74, 6) is -0.812. The molecule has 0 aliphatic carbocycles. The highest BCUT2D eigenvalue weighted by Crippen LogP contribution is 2.32. The van der Waals surface area contributed by atoms with Crippen LogP contribution < -0.4 is 9.47 Å². The molecule has 0 saturated heterocycles. The number of benzene rings is 1. The largest absolute Gasteiger partial charge is 0.503 e. The molecule has 0 spiro atoms. The van der Waals surface area contributed by atoms with Crippen LogP contribution in [0, 0.1) is 11.8 Å². The van der Waals surface area contributed by atoms with Gasteiger partial charge in [0.25, 0.3) is 0 Å². The van der Waals surface area contributed by atoms with Crippen molar-refractivity contribution in [3.05, 3.63) is 47.8 Å². The summed E-state index contributed by atoms with van der Waals surface area (Å²) in [7, 11) is 3.00. The Morgan fingerprint density at radius 3 is 2.19 bits per heavy atom. The first kappa shape index (κ1) is 24.2. The number of aromatic hydroxyl groups is 1. The number of esters is 1. The lowest BCUT2D eigenvalue weighted by Gasteiger charge is -2.28. The Morgan fingerprint density at radius 1 is 1.00 bits per heavy atom. The number of nitrogens with zero attached hydrogens (tertiary/aromatic N) is 1. The molecule has 1 N–H and O–H groups in total. The van der Waals surface area contributed by atoms with E-state index in [-0.39, 0.29) is 41.6 Å². The number of Topliss-reactive ketones (excluding diaryl/α,β-unsaturated/α-hetero) is 1. The maximum Gasteiger partial charge on any atom is 0.309 e. The van der Waals surface area contributed by atoms with Crippen LogP contribution in [0.4, 0.5) is 0 Å². The van der Waals surface area contributed by atoms with E-state index >= 15 is 0 Å². The first-order chi connectivity index (χ1) is 14.7. The number of ether oxygens (including phenoxy) is 3. The summed E-state index contributed by atoms with van der Waals surface area (Å²) in [5, 5.41) is 10.1. The summed E-state index contributed by atoms with van der Waals surface area (Å²) in [6.45, 7) is 7.63.